The Morgan fingerprint density at radius 3 is 1.80 bits per heavy atom. The molecule has 0 aromatic rings. The standard InChI is InChI=1S/C7H11NO2/c9-4-6-1-2-7(3-6,5-10)8-6/h1-2,8-10H,3-5H2. The van der Waals surface area contributed by atoms with E-state index in [-0.39, 0.29) is 24.3 Å². The van der Waals surface area contributed by atoms with Gasteiger partial charge in [-0.3, -0.25) is 5.32 Å². The second-order valence-corrected chi connectivity index (χ2v) is 3.26. The third kappa shape index (κ3) is 0.551. The Morgan fingerprint density at radius 2 is 1.60 bits per heavy atom. The lowest BCUT2D eigenvalue weighted by Gasteiger charge is -2.47. The van der Waals surface area contributed by atoms with E-state index < -0.39 is 0 Å². The van der Waals surface area contributed by atoms with Gasteiger partial charge in [0.25, 0.3) is 0 Å². The normalized spacial score (nSPS) is 49.4. The lowest BCUT2D eigenvalue weighted by Crippen LogP contribution is -2.69. The van der Waals surface area contributed by atoms with Crippen molar-refractivity contribution in [3.63, 3.8) is 0 Å². The molecular weight excluding hydrogens is 130 g/mol. The van der Waals surface area contributed by atoms with Gasteiger partial charge in [0.1, 0.15) is 0 Å². The fourth-order valence-corrected chi connectivity index (χ4v) is 1.86. The van der Waals surface area contributed by atoms with Gasteiger partial charge in [0.05, 0.1) is 24.3 Å². The van der Waals surface area contributed by atoms with Crippen LogP contribution in [0.2, 0.25) is 0 Å². The highest BCUT2D eigenvalue weighted by Crippen LogP contribution is 2.41. The lowest BCUT2D eigenvalue weighted by atomic mass is 9.80. The minimum Gasteiger partial charge on any atom is -0.394 e. The van der Waals surface area contributed by atoms with E-state index in [9.17, 15) is 0 Å². The fourth-order valence-electron chi connectivity index (χ4n) is 1.86. The van der Waals surface area contributed by atoms with Gasteiger partial charge in [-0.25, -0.2) is 0 Å². The predicted octanol–water partition coefficient (Wildman–Crippen LogP) is -0.988. The molecule has 1 fully saturated rings. The first kappa shape index (κ1) is 6.34. The SMILES string of the molecule is OCC12C=CC(CO)(C1)N2. The highest BCUT2D eigenvalue weighted by Gasteiger charge is 2.55. The van der Waals surface area contributed by atoms with Crippen LogP contribution in [-0.4, -0.2) is 34.5 Å². The summed E-state index contributed by atoms with van der Waals surface area (Å²) in [5.74, 6) is 0. The maximum absolute atomic E-state index is 8.88. The highest BCUT2D eigenvalue weighted by atomic mass is 16.3. The van der Waals surface area contributed by atoms with Crippen molar-refractivity contribution in [1.29, 1.82) is 0 Å². The molecule has 0 amide bonds. The van der Waals surface area contributed by atoms with E-state index in [1.54, 1.807) is 0 Å². The molecule has 3 N–H and O–H groups in total. The van der Waals surface area contributed by atoms with Crippen LogP contribution >= 0.6 is 0 Å². The van der Waals surface area contributed by atoms with Gasteiger partial charge in [0, 0.05) is 0 Å². The summed E-state index contributed by atoms with van der Waals surface area (Å²) in [5.41, 5.74) is -0.383. The first-order valence-corrected chi connectivity index (χ1v) is 3.46. The smallest absolute Gasteiger partial charge is 0.0650 e. The second-order valence-electron chi connectivity index (χ2n) is 3.26. The Balaban J connectivity index is 2.14. The summed E-state index contributed by atoms with van der Waals surface area (Å²) in [6.45, 7) is 0.260. The van der Waals surface area contributed by atoms with E-state index in [1.165, 1.54) is 0 Å². The number of hydrogen-bond acceptors (Lipinski definition) is 3. The second kappa shape index (κ2) is 1.61. The van der Waals surface area contributed by atoms with E-state index in [0.29, 0.717) is 0 Å². The van der Waals surface area contributed by atoms with Gasteiger partial charge in [0.15, 0.2) is 0 Å². The van der Waals surface area contributed by atoms with Crippen molar-refractivity contribution >= 4 is 0 Å². The summed E-state index contributed by atoms with van der Waals surface area (Å²) in [6, 6.07) is 0. The zero-order valence-electron chi connectivity index (χ0n) is 5.67. The van der Waals surface area contributed by atoms with Crippen LogP contribution in [0, 0.1) is 0 Å². The highest BCUT2D eigenvalue weighted by molar-refractivity contribution is 5.36. The monoisotopic (exact) mass is 141 g/mol. The van der Waals surface area contributed by atoms with Gasteiger partial charge in [-0.1, -0.05) is 12.2 Å². The van der Waals surface area contributed by atoms with Crippen LogP contribution in [0.4, 0.5) is 0 Å². The zero-order chi connectivity index (χ0) is 7.24. The maximum atomic E-state index is 8.88. The third-order valence-corrected chi connectivity index (χ3v) is 2.41. The summed E-state index contributed by atoms with van der Waals surface area (Å²) in [7, 11) is 0. The number of aliphatic hydroxyl groups excluding tert-OH is 2. The quantitative estimate of drug-likeness (QED) is 0.433. The summed E-state index contributed by atoms with van der Waals surface area (Å²) in [4.78, 5) is 0. The number of nitrogens with one attached hydrogen (secondary N) is 1. The molecule has 1 saturated heterocycles. The van der Waals surface area contributed by atoms with E-state index >= 15 is 0 Å². The Kier molecular flexibility index (Phi) is 1.02. The Labute approximate surface area is 59.4 Å². The number of hydrogen-bond donors (Lipinski definition) is 3. The van der Waals surface area contributed by atoms with Crippen LogP contribution in [0.1, 0.15) is 6.42 Å². The Bertz CT molecular complexity index is 164. The van der Waals surface area contributed by atoms with E-state index in [2.05, 4.69) is 5.32 Å². The average molecular weight is 141 g/mol. The van der Waals surface area contributed by atoms with Crippen molar-refractivity contribution in [1.82, 2.24) is 5.32 Å². The van der Waals surface area contributed by atoms with Crippen LogP contribution in [-0.2, 0) is 0 Å². The molecule has 3 rings (SSSR count). The topological polar surface area (TPSA) is 52.5 Å². The van der Waals surface area contributed by atoms with E-state index in [4.69, 9.17) is 10.2 Å². The van der Waals surface area contributed by atoms with Crippen LogP contribution in [0.25, 0.3) is 0 Å². The fraction of sp³-hybridized carbons (Fsp3) is 0.714. The van der Waals surface area contributed by atoms with Gasteiger partial charge >= 0.3 is 0 Å². The molecule has 0 aromatic carbocycles. The summed E-state index contributed by atoms with van der Waals surface area (Å²) in [6.07, 6.45) is 4.74. The molecule has 2 bridgehead atoms. The van der Waals surface area contributed by atoms with Gasteiger partial charge in [0.2, 0.25) is 0 Å². The molecule has 2 heterocycles. The molecule has 3 heteroatoms. The maximum Gasteiger partial charge on any atom is 0.0650 e. The summed E-state index contributed by atoms with van der Waals surface area (Å²) in [5, 5.41) is 20.9. The molecule has 0 spiro atoms. The molecule has 0 radical (unpaired) electrons. The molecule has 1 aliphatic carbocycles. The molecule has 10 heavy (non-hydrogen) atoms. The van der Waals surface area contributed by atoms with Crippen molar-refractivity contribution in [2.24, 2.45) is 0 Å². The minimum atomic E-state index is -0.192. The predicted molar refractivity (Wildman–Crippen MR) is 36.5 cm³/mol. The van der Waals surface area contributed by atoms with E-state index in [1.807, 2.05) is 12.2 Å². The van der Waals surface area contributed by atoms with Crippen molar-refractivity contribution in [3.8, 4) is 0 Å². The minimum absolute atomic E-state index is 0.130. The first-order chi connectivity index (χ1) is 4.74. The van der Waals surface area contributed by atoms with Crippen molar-refractivity contribution in [2.75, 3.05) is 13.2 Å². The molecule has 0 saturated carbocycles. The van der Waals surface area contributed by atoms with Crippen LogP contribution in [0.15, 0.2) is 12.2 Å². The molecule has 2 atom stereocenters. The molecule has 3 nitrogen and oxygen atoms in total. The Hall–Kier alpha value is -0.380. The third-order valence-electron chi connectivity index (χ3n) is 2.41. The molecule has 2 aliphatic heterocycles. The van der Waals surface area contributed by atoms with E-state index in [0.717, 1.165) is 6.42 Å². The van der Waals surface area contributed by atoms with Gasteiger partial charge in [-0.2, -0.15) is 0 Å². The average Bonchev–Trinajstić information content (AvgIpc) is 2.40. The summed E-state index contributed by atoms with van der Waals surface area (Å²) < 4.78 is 0. The molecule has 2 unspecified atom stereocenters. The molecular formula is C7H11NO2. The van der Waals surface area contributed by atoms with Gasteiger partial charge in [-0.15, -0.1) is 0 Å². The van der Waals surface area contributed by atoms with Gasteiger partial charge in [-0.05, 0) is 6.42 Å². The molecule has 3 aliphatic rings. The number of rotatable bonds is 2. The van der Waals surface area contributed by atoms with Gasteiger partial charge < -0.3 is 10.2 Å². The Morgan fingerprint density at radius 1 is 1.20 bits per heavy atom. The molecule has 0 aromatic heterocycles. The zero-order valence-corrected chi connectivity index (χ0v) is 5.67. The summed E-state index contributed by atoms with van der Waals surface area (Å²) >= 11 is 0. The van der Waals surface area contributed by atoms with Crippen molar-refractivity contribution < 1.29 is 10.2 Å². The largest absolute Gasteiger partial charge is 0.394 e. The van der Waals surface area contributed by atoms with Crippen LogP contribution < -0.4 is 5.32 Å². The molecule has 56 valence electrons. The van der Waals surface area contributed by atoms with Crippen molar-refractivity contribution in [2.45, 2.75) is 17.5 Å². The number of aliphatic hydroxyl groups is 2. The van der Waals surface area contributed by atoms with Crippen LogP contribution in [0.3, 0.4) is 0 Å². The first-order valence-electron chi connectivity index (χ1n) is 3.46. The van der Waals surface area contributed by atoms with Crippen LogP contribution in [0.5, 0.6) is 0 Å². The van der Waals surface area contributed by atoms with Crippen molar-refractivity contribution in [3.05, 3.63) is 12.2 Å². The lowest BCUT2D eigenvalue weighted by molar-refractivity contribution is 0.0431.